The van der Waals surface area contributed by atoms with Gasteiger partial charge in [-0.15, -0.1) is 0 Å². The maximum atomic E-state index is 12.1. The van der Waals surface area contributed by atoms with Crippen molar-refractivity contribution in [1.82, 2.24) is 10.2 Å². The Hall–Kier alpha value is -2.08. The predicted octanol–water partition coefficient (Wildman–Crippen LogP) is 0.676. The van der Waals surface area contributed by atoms with Crippen LogP contribution in [0.15, 0.2) is 24.3 Å². The standard InChI is InChI=1S/C12H14N2O4/c1-14-10(15)12(18-3,13-11(14)16)8-4-6-9(17-2)7-5-8/h4-7H,1-3H3,(H,13,16). The number of urea groups is 1. The van der Waals surface area contributed by atoms with Crippen LogP contribution in [0, 0.1) is 0 Å². The van der Waals surface area contributed by atoms with Crippen molar-refractivity contribution in [3.8, 4) is 5.75 Å². The lowest BCUT2D eigenvalue weighted by atomic mass is 10.0. The molecule has 1 aliphatic heterocycles. The Morgan fingerprint density at radius 2 is 1.78 bits per heavy atom. The molecule has 0 aliphatic carbocycles. The van der Waals surface area contributed by atoms with Gasteiger partial charge < -0.3 is 9.47 Å². The third kappa shape index (κ3) is 1.62. The molecule has 1 aromatic carbocycles. The number of ether oxygens (including phenoxy) is 2. The average Bonchev–Trinajstić information content (AvgIpc) is 2.64. The molecule has 2 rings (SSSR count). The van der Waals surface area contributed by atoms with Gasteiger partial charge in [0.1, 0.15) is 5.75 Å². The highest BCUT2D eigenvalue weighted by Gasteiger charge is 2.51. The van der Waals surface area contributed by atoms with Crippen molar-refractivity contribution in [2.75, 3.05) is 21.3 Å². The molecule has 18 heavy (non-hydrogen) atoms. The first-order valence-electron chi connectivity index (χ1n) is 5.35. The van der Waals surface area contributed by atoms with Gasteiger partial charge in [0, 0.05) is 19.7 Å². The molecule has 1 aliphatic rings. The number of nitrogens with zero attached hydrogens (tertiary/aromatic N) is 1. The molecule has 1 unspecified atom stereocenters. The molecule has 1 saturated heterocycles. The zero-order valence-electron chi connectivity index (χ0n) is 10.4. The van der Waals surface area contributed by atoms with Gasteiger partial charge in [-0.05, 0) is 24.3 Å². The molecule has 1 fully saturated rings. The van der Waals surface area contributed by atoms with Gasteiger partial charge in [0.25, 0.3) is 5.91 Å². The zero-order valence-corrected chi connectivity index (χ0v) is 10.4. The molecule has 1 heterocycles. The Morgan fingerprint density at radius 3 is 2.17 bits per heavy atom. The highest BCUT2D eigenvalue weighted by atomic mass is 16.5. The monoisotopic (exact) mass is 250 g/mol. The first-order valence-corrected chi connectivity index (χ1v) is 5.35. The van der Waals surface area contributed by atoms with E-state index in [1.165, 1.54) is 14.2 Å². The van der Waals surface area contributed by atoms with E-state index in [1.807, 2.05) is 0 Å². The van der Waals surface area contributed by atoms with E-state index in [1.54, 1.807) is 31.4 Å². The van der Waals surface area contributed by atoms with Crippen LogP contribution in [0.5, 0.6) is 5.75 Å². The number of rotatable bonds is 3. The number of likely N-dealkylation sites (N-methyl/N-ethyl adjacent to an activating group) is 1. The first-order chi connectivity index (χ1) is 8.55. The summed E-state index contributed by atoms with van der Waals surface area (Å²) >= 11 is 0. The van der Waals surface area contributed by atoms with Gasteiger partial charge in [-0.25, -0.2) is 4.79 Å². The summed E-state index contributed by atoms with van der Waals surface area (Å²) in [6, 6.07) is 6.28. The molecule has 3 amide bonds. The fraction of sp³-hybridized carbons (Fsp3) is 0.333. The summed E-state index contributed by atoms with van der Waals surface area (Å²) in [4.78, 5) is 24.6. The number of carbonyl (C=O) groups excluding carboxylic acids is 2. The zero-order chi connectivity index (χ0) is 13.3. The molecule has 96 valence electrons. The molecule has 0 bridgehead atoms. The summed E-state index contributed by atoms with van der Waals surface area (Å²) in [5.74, 6) is 0.218. The third-order valence-corrected chi connectivity index (χ3v) is 3.00. The molecule has 1 aromatic rings. The second kappa shape index (κ2) is 4.30. The van der Waals surface area contributed by atoms with Crippen molar-refractivity contribution in [3.05, 3.63) is 29.8 Å². The van der Waals surface area contributed by atoms with Gasteiger partial charge in [-0.2, -0.15) is 0 Å². The van der Waals surface area contributed by atoms with E-state index < -0.39 is 17.7 Å². The minimum Gasteiger partial charge on any atom is -0.497 e. The number of methoxy groups -OCH3 is 2. The van der Waals surface area contributed by atoms with Gasteiger partial charge in [0.15, 0.2) is 0 Å². The predicted molar refractivity (Wildman–Crippen MR) is 63.0 cm³/mol. The van der Waals surface area contributed by atoms with Gasteiger partial charge in [-0.3, -0.25) is 15.0 Å². The van der Waals surface area contributed by atoms with Gasteiger partial charge in [0.2, 0.25) is 5.72 Å². The van der Waals surface area contributed by atoms with Crippen LogP contribution < -0.4 is 10.1 Å². The molecule has 0 spiro atoms. The van der Waals surface area contributed by atoms with Crippen LogP contribution in [0.1, 0.15) is 5.56 Å². The topological polar surface area (TPSA) is 67.9 Å². The Bertz CT molecular complexity index is 485. The number of hydrogen-bond acceptors (Lipinski definition) is 4. The van der Waals surface area contributed by atoms with Crippen molar-refractivity contribution in [1.29, 1.82) is 0 Å². The molecule has 0 saturated carbocycles. The van der Waals surface area contributed by atoms with Crippen molar-refractivity contribution in [2.24, 2.45) is 0 Å². The Labute approximate surface area is 104 Å². The van der Waals surface area contributed by atoms with Crippen molar-refractivity contribution < 1.29 is 19.1 Å². The fourth-order valence-corrected chi connectivity index (χ4v) is 1.89. The number of amides is 3. The molecular formula is C12H14N2O4. The Morgan fingerprint density at radius 1 is 1.17 bits per heavy atom. The number of carbonyl (C=O) groups is 2. The number of nitrogens with one attached hydrogen (secondary N) is 1. The number of hydrogen-bond donors (Lipinski definition) is 1. The van der Waals surface area contributed by atoms with Crippen molar-refractivity contribution >= 4 is 11.9 Å². The van der Waals surface area contributed by atoms with Crippen LogP contribution >= 0.6 is 0 Å². The summed E-state index contributed by atoms with van der Waals surface area (Å²) in [7, 11) is 4.33. The highest BCUT2D eigenvalue weighted by Crippen LogP contribution is 2.30. The van der Waals surface area contributed by atoms with Crippen LogP contribution in [-0.4, -0.2) is 38.1 Å². The Kier molecular flexibility index (Phi) is 2.96. The van der Waals surface area contributed by atoms with Crippen LogP contribution in [0.25, 0.3) is 0 Å². The van der Waals surface area contributed by atoms with Crippen LogP contribution in [0.4, 0.5) is 4.79 Å². The number of imide groups is 1. The molecule has 1 atom stereocenters. The second-order valence-corrected chi connectivity index (χ2v) is 3.91. The van der Waals surface area contributed by atoms with E-state index in [0.29, 0.717) is 11.3 Å². The largest absolute Gasteiger partial charge is 0.497 e. The van der Waals surface area contributed by atoms with E-state index >= 15 is 0 Å². The second-order valence-electron chi connectivity index (χ2n) is 3.91. The third-order valence-electron chi connectivity index (χ3n) is 3.00. The van der Waals surface area contributed by atoms with Crippen LogP contribution in [-0.2, 0) is 15.3 Å². The van der Waals surface area contributed by atoms with Gasteiger partial charge >= 0.3 is 6.03 Å². The molecule has 6 nitrogen and oxygen atoms in total. The van der Waals surface area contributed by atoms with Gasteiger partial charge in [0.05, 0.1) is 7.11 Å². The van der Waals surface area contributed by atoms with E-state index in [4.69, 9.17) is 9.47 Å². The fourth-order valence-electron chi connectivity index (χ4n) is 1.89. The smallest absolute Gasteiger partial charge is 0.326 e. The normalized spacial score (nSPS) is 23.2. The molecule has 1 N–H and O–H groups in total. The van der Waals surface area contributed by atoms with Crippen LogP contribution in [0.2, 0.25) is 0 Å². The molecule has 0 radical (unpaired) electrons. The summed E-state index contributed by atoms with van der Waals surface area (Å²) in [5.41, 5.74) is -0.897. The summed E-state index contributed by atoms with van der Waals surface area (Å²) in [5, 5.41) is 2.54. The maximum absolute atomic E-state index is 12.1. The minimum absolute atomic E-state index is 0.444. The van der Waals surface area contributed by atoms with Crippen molar-refractivity contribution in [2.45, 2.75) is 5.72 Å². The number of benzene rings is 1. The molecule has 0 aromatic heterocycles. The minimum atomic E-state index is -1.45. The van der Waals surface area contributed by atoms with Gasteiger partial charge in [-0.1, -0.05) is 0 Å². The van der Waals surface area contributed by atoms with E-state index in [0.717, 1.165) is 4.90 Å². The molecular weight excluding hydrogens is 236 g/mol. The summed E-state index contributed by atoms with van der Waals surface area (Å²) in [6.45, 7) is 0. The highest BCUT2D eigenvalue weighted by molar-refractivity contribution is 6.06. The summed E-state index contributed by atoms with van der Waals surface area (Å²) in [6.07, 6.45) is 0. The quantitative estimate of drug-likeness (QED) is 0.801. The van der Waals surface area contributed by atoms with E-state index in [9.17, 15) is 9.59 Å². The van der Waals surface area contributed by atoms with Crippen LogP contribution in [0.3, 0.4) is 0 Å². The SMILES string of the molecule is COc1ccc(C2(OC)NC(=O)N(C)C2=O)cc1. The lowest BCUT2D eigenvalue weighted by Gasteiger charge is -2.25. The van der Waals surface area contributed by atoms with Crippen molar-refractivity contribution in [3.63, 3.8) is 0 Å². The lowest BCUT2D eigenvalue weighted by Crippen LogP contribution is -2.45. The first kappa shape index (κ1) is 12.4. The molecule has 6 heteroatoms. The Balaban J connectivity index is 2.44. The average molecular weight is 250 g/mol. The maximum Gasteiger partial charge on any atom is 0.326 e. The van der Waals surface area contributed by atoms with E-state index in [2.05, 4.69) is 5.32 Å². The van der Waals surface area contributed by atoms with E-state index in [-0.39, 0.29) is 0 Å². The lowest BCUT2D eigenvalue weighted by molar-refractivity contribution is -0.148. The summed E-state index contributed by atoms with van der Waals surface area (Å²) < 4.78 is 10.3.